The first-order valence-electron chi connectivity index (χ1n) is 10.5. The number of ether oxygens (including phenoxy) is 1. The van der Waals surface area contributed by atoms with Crippen LogP contribution in [0, 0.1) is 0 Å². The second-order valence-corrected chi connectivity index (χ2v) is 7.32. The van der Waals surface area contributed by atoms with Gasteiger partial charge in [-0.05, 0) is 24.8 Å². The van der Waals surface area contributed by atoms with Gasteiger partial charge < -0.3 is 25.4 Å². The number of aromatic nitrogens is 2. The van der Waals surface area contributed by atoms with Gasteiger partial charge in [0.15, 0.2) is 0 Å². The molecule has 2 amide bonds. The first-order valence-corrected chi connectivity index (χ1v) is 10.5. The van der Waals surface area contributed by atoms with Gasteiger partial charge >= 0.3 is 6.03 Å². The quantitative estimate of drug-likeness (QED) is 0.697. The molecule has 2 aliphatic rings. The Morgan fingerprint density at radius 1 is 1.23 bits per heavy atom. The summed E-state index contributed by atoms with van der Waals surface area (Å²) in [5.74, 6) is 0.645. The van der Waals surface area contributed by atoms with Crippen molar-refractivity contribution in [2.45, 2.75) is 51.4 Å². The fourth-order valence-electron chi connectivity index (χ4n) is 3.89. The lowest BCUT2D eigenvalue weighted by Gasteiger charge is -2.24. The molecule has 2 aliphatic heterocycles. The van der Waals surface area contributed by atoms with E-state index in [1.165, 1.54) is 0 Å². The summed E-state index contributed by atoms with van der Waals surface area (Å²) in [5.41, 5.74) is 3.07. The first kappa shape index (κ1) is 22.0. The maximum absolute atomic E-state index is 12.8. The molecule has 2 aromatic rings. The van der Waals surface area contributed by atoms with Crippen molar-refractivity contribution in [3.8, 4) is 0 Å². The maximum atomic E-state index is 12.8. The monoisotopic (exact) mass is 413 g/mol. The Balaban J connectivity index is 0.00000124. The summed E-state index contributed by atoms with van der Waals surface area (Å²) in [6.45, 7) is 4.67. The molecule has 0 radical (unpaired) electrons. The number of hydrogen-bond donors (Lipinski definition) is 3. The maximum Gasteiger partial charge on any atom is 0.318 e. The molecule has 0 saturated carbocycles. The number of benzene rings is 1. The second kappa shape index (κ2) is 10.9. The third-order valence-electron chi connectivity index (χ3n) is 5.44. The van der Waals surface area contributed by atoms with E-state index in [9.17, 15) is 4.79 Å². The highest BCUT2D eigenvalue weighted by molar-refractivity contribution is 5.75. The van der Waals surface area contributed by atoms with Gasteiger partial charge in [-0.15, -0.1) is 0 Å². The Morgan fingerprint density at radius 3 is 2.67 bits per heavy atom. The molecular weight excluding hydrogens is 382 g/mol. The minimum atomic E-state index is -0.0624. The van der Waals surface area contributed by atoms with E-state index < -0.39 is 0 Å². The lowest BCUT2D eigenvalue weighted by atomic mass is 10.1. The van der Waals surface area contributed by atoms with Gasteiger partial charge in [0.25, 0.3) is 0 Å². The van der Waals surface area contributed by atoms with Crippen LogP contribution in [0.4, 0.5) is 10.7 Å². The number of fused-ring (bicyclic) bond motifs is 1. The van der Waals surface area contributed by atoms with Crippen LogP contribution in [0.1, 0.15) is 49.0 Å². The molecule has 1 atom stereocenters. The average Bonchev–Trinajstić information content (AvgIpc) is 3.18. The van der Waals surface area contributed by atoms with Crippen molar-refractivity contribution in [2.75, 3.05) is 25.6 Å². The molecule has 4 rings (SSSR count). The van der Waals surface area contributed by atoms with Crippen LogP contribution < -0.4 is 10.6 Å². The summed E-state index contributed by atoms with van der Waals surface area (Å²) in [7, 11) is 1.00. The number of urea groups is 1. The van der Waals surface area contributed by atoms with E-state index >= 15 is 0 Å². The number of anilines is 1. The third-order valence-corrected chi connectivity index (χ3v) is 5.44. The average molecular weight is 414 g/mol. The largest absolute Gasteiger partial charge is 0.400 e. The summed E-state index contributed by atoms with van der Waals surface area (Å²) in [6.07, 6.45) is 4.64. The molecule has 0 spiro atoms. The van der Waals surface area contributed by atoms with Crippen molar-refractivity contribution in [2.24, 2.45) is 0 Å². The zero-order chi connectivity index (χ0) is 21.3. The van der Waals surface area contributed by atoms with E-state index in [1.54, 1.807) is 0 Å². The second-order valence-electron chi connectivity index (χ2n) is 7.32. The Kier molecular flexibility index (Phi) is 7.98. The smallest absolute Gasteiger partial charge is 0.318 e. The van der Waals surface area contributed by atoms with Crippen molar-refractivity contribution < 1.29 is 14.6 Å². The van der Waals surface area contributed by atoms with Gasteiger partial charge in [-0.25, -0.2) is 14.8 Å². The lowest BCUT2D eigenvalue weighted by molar-refractivity contribution is 0.0903. The van der Waals surface area contributed by atoms with Crippen LogP contribution in [-0.2, 0) is 17.8 Å². The number of nitrogens with zero attached hydrogens (tertiary/aromatic N) is 3. The molecule has 0 bridgehead atoms. The number of hydrogen-bond acceptors (Lipinski definition) is 6. The SMILES string of the molecule is CC[C@@H]1c2cnc(NC3CCOCC3)nc2CN1C(=O)NCc1ccccc1.CO. The van der Waals surface area contributed by atoms with Crippen molar-refractivity contribution in [3.05, 3.63) is 53.3 Å². The fourth-order valence-corrected chi connectivity index (χ4v) is 3.89. The van der Waals surface area contributed by atoms with E-state index in [4.69, 9.17) is 14.8 Å². The highest BCUT2D eigenvalue weighted by Gasteiger charge is 2.34. The number of amides is 2. The standard InChI is InChI=1S/C21H27N5O2.CH4O/c1-2-19-17-13-22-20(24-16-8-10-28-11-9-16)25-18(17)14-26(19)21(27)23-12-15-6-4-3-5-7-15;1-2/h3-7,13,16,19H,2,8-12,14H2,1H3,(H,23,27)(H,22,24,25);2H,1H3/t19-;/m1./s1. The molecule has 1 aromatic carbocycles. The molecular formula is C22H31N5O3. The van der Waals surface area contributed by atoms with Crippen molar-refractivity contribution in [1.82, 2.24) is 20.2 Å². The van der Waals surface area contributed by atoms with Gasteiger partial charge in [-0.2, -0.15) is 0 Å². The van der Waals surface area contributed by atoms with Gasteiger partial charge in [0.2, 0.25) is 5.95 Å². The van der Waals surface area contributed by atoms with Crippen LogP contribution in [-0.4, -0.2) is 52.4 Å². The summed E-state index contributed by atoms with van der Waals surface area (Å²) >= 11 is 0. The summed E-state index contributed by atoms with van der Waals surface area (Å²) < 4.78 is 5.40. The lowest BCUT2D eigenvalue weighted by Crippen LogP contribution is -2.38. The molecule has 3 N–H and O–H groups in total. The van der Waals surface area contributed by atoms with Crippen molar-refractivity contribution in [1.29, 1.82) is 0 Å². The summed E-state index contributed by atoms with van der Waals surface area (Å²) in [4.78, 5) is 23.9. The van der Waals surface area contributed by atoms with Crippen LogP contribution in [0.5, 0.6) is 0 Å². The van der Waals surface area contributed by atoms with Gasteiger partial charge in [0.05, 0.1) is 18.3 Å². The Labute approximate surface area is 177 Å². The molecule has 1 fully saturated rings. The van der Waals surface area contributed by atoms with E-state index in [0.717, 1.165) is 56.4 Å². The van der Waals surface area contributed by atoms with E-state index in [1.807, 2.05) is 41.4 Å². The van der Waals surface area contributed by atoms with E-state index in [2.05, 4.69) is 22.5 Å². The number of nitrogens with one attached hydrogen (secondary N) is 2. The Hall–Kier alpha value is -2.71. The minimum absolute atomic E-state index is 0.0166. The number of rotatable bonds is 5. The zero-order valence-corrected chi connectivity index (χ0v) is 17.7. The molecule has 0 unspecified atom stereocenters. The topological polar surface area (TPSA) is 99.6 Å². The van der Waals surface area contributed by atoms with Crippen LogP contribution in [0.25, 0.3) is 0 Å². The molecule has 0 aliphatic carbocycles. The third kappa shape index (κ3) is 5.25. The van der Waals surface area contributed by atoms with Crippen LogP contribution in [0.3, 0.4) is 0 Å². The number of aliphatic hydroxyl groups excluding tert-OH is 1. The fraction of sp³-hybridized carbons (Fsp3) is 0.500. The molecule has 8 nitrogen and oxygen atoms in total. The highest BCUT2D eigenvalue weighted by Crippen LogP contribution is 2.35. The van der Waals surface area contributed by atoms with Gasteiger partial charge in [0, 0.05) is 44.7 Å². The Morgan fingerprint density at radius 2 is 1.97 bits per heavy atom. The number of carbonyl (C=O) groups is 1. The summed E-state index contributed by atoms with van der Waals surface area (Å²) in [5, 5.41) is 13.4. The van der Waals surface area contributed by atoms with E-state index in [0.29, 0.717) is 25.1 Å². The normalized spacial score (nSPS) is 18.2. The molecule has 3 heterocycles. The molecule has 8 heteroatoms. The molecule has 30 heavy (non-hydrogen) atoms. The van der Waals surface area contributed by atoms with Crippen LogP contribution in [0.15, 0.2) is 36.5 Å². The van der Waals surface area contributed by atoms with Gasteiger partial charge in [-0.3, -0.25) is 0 Å². The molecule has 162 valence electrons. The predicted octanol–water partition coefficient (Wildman–Crippen LogP) is 2.85. The minimum Gasteiger partial charge on any atom is -0.400 e. The zero-order valence-electron chi connectivity index (χ0n) is 17.7. The highest BCUT2D eigenvalue weighted by atomic mass is 16.5. The predicted molar refractivity (Wildman–Crippen MR) is 115 cm³/mol. The van der Waals surface area contributed by atoms with Gasteiger partial charge in [0.1, 0.15) is 0 Å². The van der Waals surface area contributed by atoms with Crippen molar-refractivity contribution >= 4 is 12.0 Å². The van der Waals surface area contributed by atoms with Crippen LogP contribution >= 0.6 is 0 Å². The van der Waals surface area contributed by atoms with Gasteiger partial charge in [-0.1, -0.05) is 37.3 Å². The molecule has 1 saturated heterocycles. The number of aliphatic hydroxyl groups is 1. The first-order chi connectivity index (χ1) is 14.7. The van der Waals surface area contributed by atoms with Crippen molar-refractivity contribution in [3.63, 3.8) is 0 Å². The summed E-state index contributed by atoms with van der Waals surface area (Å²) in [6, 6.07) is 10.2. The van der Waals surface area contributed by atoms with Crippen LogP contribution in [0.2, 0.25) is 0 Å². The van der Waals surface area contributed by atoms with E-state index in [-0.39, 0.29) is 12.1 Å². The Bertz CT molecular complexity index is 812. The molecule has 1 aromatic heterocycles. The number of carbonyl (C=O) groups excluding carboxylic acids is 1.